The van der Waals surface area contributed by atoms with E-state index in [1.807, 2.05) is 0 Å². The van der Waals surface area contributed by atoms with Crippen LogP contribution in [-0.4, -0.2) is 50.5 Å². The van der Waals surface area contributed by atoms with Crippen molar-refractivity contribution in [2.24, 2.45) is 54.5 Å². The predicted octanol–water partition coefficient (Wildman–Crippen LogP) is 3.71. The van der Waals surface area contributed by atoms with Gasteiger partial charge in [-0.3, -0.25) is 0 Å². The summed E-state index contributed by atoms with van der Waals surface area (Å²) >= 11 is 0. The monoisotopic (exact) mass is 440 g/mol. The van der Waals surface area contributed by atoms with Crippen LogP contribution in [0, 0.1) is 34.5 Å². The zero-order valence-corrected chi connectivity index (χ0v) is 18.6. The molecule has 0 N–H and O–H groups in total. The minimum absolute atomic E-state index is 0.0296. The first-order valence-electron chi connectivity index (χ1n) is 11.7. The van der Waals surface area contributed by atoms with Gasteiger partial charge >= 0.3 is 0 Å². The molecule has 0 amide bonds. The highest BCUT2D eigenvalue weighted by Gasteiger charge is 2.54. The van der Waals surface area contributed by atoms with Crippen LogP contribution in [0.25, 0.3) is 0 Å². The van der Waals surface area contributed by atoms with E-state index in [0.29, 0.717) is 42.8 Å². The molecule has 4 bridgehead atoms. The van der Waals surface area contributed by atoms with E-state index in [1.54, 1.807) is 24.3 Å². The van der Waals surface area contributed by atoms with Crippen LogP contribution in [0.3, 0.4) is 0 Å². The fraction of sp³-hybridized carbons (Fsp3) is 0.833. The van der Waals surface area contributed by atoms with Gasteiger partial charge in [0.25, 0.3) is 0 Å². The fourth-order valence-corrected chi connectivity index (χ4v) is 7.09. The molecule has 4 atom stereocenters. The Morgan fingerprint density at radius 3 is 2.03 bits per heavy atom. The van der Waals surface area contributed by atoms with Crippen molar-refractivity contribution in [3.05, 3.63) is 0 Å². The fourth-order valence-electron chi connectivity index (χ4n) is 7.09. The summed E-state index contributed by atoms with van der Waals surface area (Å²) in [4.78, 5) is 55.6. The molecule has 4 unspecified atom stereocenters. The second-order valence-electron chi connectivity index (χ2n) is 10.2. The van der Waals surface area contributed by atoms with Crippen LogP contribution >= 0.6 is 0 Å². The van der Waals surface area contributed by atoms with Gasteiger partial charge in [0.15, 0.2) is 0 Å². The lowest BCUT2D eigenvalue weighted by Gasteiger charge is -2.38. The minimum atomic E-state index is 0.0296. The van der Waals surface area contributed by atoms with Crippen molar-refractivity contribution in [3.63, 3.8) is 0 Å². The summed E-state index contributed by atoms with van der Waals surface area (Å²) < 4.78 is 0. The zero-order valence-electron chi connectivity index (χ0n) is 18.6. The molecule has 0 aromatic heterocycles. The lowest BCUT2D eigenvalue weighted by atomic mass is 9.67. The van der Waals surface area contributed by atoms with Crippen LogP contribution in [-0.2, 0) is 19.2 Å². The molecule has 0 saturated heterocycles. The van der Waals surface area contributed by atoms with Crippen molar-refractivity contribution >= 4 is 24.3 Å². The molecule has 4 saturated carbocycles. The van der Waals surface area contributed by atoms with Gasteiger partial charge in [0, 0.05) is 0 Å². The molecule has 4 fully saturated rings. The van der Waals surface area contributed by atoms with Crippen molar-refractivity contribution in [1.82, 2.24) is 0 Å². The maximum absolute atomic E-state index is 10.5. The average Bonchev–Trinajstić information content (AvgIpc) is 3.59. The number of hydrogen-bond donors (Lipinski definition) is 0. The third-order valence-corrected chi connectivity index (χ3v) is 8.60. The van der Waals surface area contributed by atoms with Crippen molar-refractivity contribution in [2.45, 2.75) is 64.2 Å². The molecule has 32 heavy (non-hydrogen) atoms. The number of nitrogens with zero attached hydrogens (tertiary/aromatic N) is 4. The number of rotatable bonds is 10. The van der Waals surface area contributed by atoms with Gasteiger partial charge < -0.3 is 0 Å². The molecule has 0 heterocycles. The summed E-state index contributed by atoms with van der Waals surface area (Å²) in [5.74, 6) is 2.46. The summed E-state index contributed by atoms with van der Waals surface area (Å²) in [7, 11) is 0. The maximum Gasteiger partial charge on any atom is 0.234 e. The third kappa shape index (κ3) is 5.65. The topological polar surface area (TPSA) is 118 Å². The van der Waals surface area contributed by atoms with Gasteiger partial charge in [-0.1, -0.05) is 0 Å². The molecule has 0 aromatic rings. The molecule has 4 aliphatic carbocycles. The molecule has 0 aliphatic heterocycles. The first-order valence-corrected chi connectivity index (χ1v) is 11.7. The Morgan fingerprint density at radius 1 is 0.781 bits per heavy atom. The Labute approximate surface area is 188 Å². The molecule has 0 aromatic carbocycles. The van der Waals surface area contributed by atoms with Gasteiger partial charge in [-0.2, -0.15) is 0 Å². The molecule has 4 rings (SSSR count). The van der Waals surface area contributed by atoms with Crippen LogP contribution in [0.5, 0.6) is 0 Å². The van der Waals surface area contributed by atoms with Crippen LogP contribution in [0.4, 0.5) is 0 Å². The summed E-state index contributed by atoms with van der Waals surface area (Å²) in [5, 5.41) is 0. The SMILES string of the molecule is O=C=NCC12CCC(CC1)C2.O=C=NCCCC1(CN=C=O)CC2CC1CC2CN=C=O. The molecule has 8 heteroatoms. The minimum Gasteiger partial charge on any atom is -0.211 e. The number of isocyanates is 4. The lowest BCUT2D eigenvalue weighted by Crippen LogP contribution is -2.34. The van der Waals surface area contributed by atoms with Gasteiger partial charge in [0.05, 0.1) is 26.2 Å². The first-order chi connectivity index (χ1) is 15.6. The van der Waals surface area contributed by atoms with E-state index in [1.165, 1.54) is 32.1 Å². The molecule has 172 valence electrons. The standard InChI is InChI=1S/C15H19N3O3.C9H13NO/c19-9-16-3-1-2-15(8-18-11-21)6-12-4-14(15)5-13(12)7-17-10-20;11-7-10-6-9-3-1-8(5-9)2-4-9/h12-14H,1-8H2;8H,1-6H2. The van der Waals surface area contributed by atoms with Crippen molar-refractivity contribution in [2.75, 3.05) is 26.2 Å². The van der Waals surface area contributed by atoms with Gasteiger partial charge in [-0.05, 0) is 98.7 Å². The van der Waals surface area contributed by atoms with E-state index >= 15 is 0 Å². The third-order valence-electron chi connectivity index (χ3n) is 8.60. The smallest absolute Gasteiger partial charge is 0.211 e. The number of hydrogen-bond acceptors (Lipinski definition) is 8. The number of fused-ring (bicyclic) bond motifs is 4. The summed E-state index contributed by atoms with van der Waals surface area (Å²) in [6.45, 7) is 2.29. The first kappa shape index (κ1) is 24.2. The summed E-state index contributed by atoms with van der Waals surface area (Å²) in [6.07, 6.45) is 18.0. The van der Waals surface area contributed by atoms with E-state index in [0.717, 1.165) is 44.6 Å². The molecular formula is C24H32N4O4. The van der Waals surface area contributed by atoms with Gasteiger partial charge in [0.2, 0.25) is 24.3 Å². The van der Waals surface area contributed by atoms with Gasteiger partial charge in [0.1, 0.15) is 0 Å². The normalized spacial score (nSPS) is 35.5. The van der Waals surface area contributed by atoms with Crippen LogP contribution in [0.15, 0.2) is 20.0 Å². The van der Waals surface area contributed by atoms with Gasteiger partial charge in [-0.15, -0.1) is 0 Å². The van der Waals surface area contributed by atoms with Crippen LogP contribution in [0.2, 0.25) is 0 Å². The van der Waals surface area contributed by atoms with Crippen molar-refractivity contribution < 1.29 is 19.2 Å². The highest BCUT2D eigenvalue weighted by Crippen LogP contribution is 2.60. The Kier molecular flexibility index (Phi) is 8.61. The Bertz CT molecular complexity index is 842. The maximum atomic E-state index is 10.5. The van der Waals surface area contributed by atoms with E-state index < -0.39 is 0 Å². The highest BCUT2D eigenvalue weighted by molar-refractivity contribution is 5.34. The molecule has 0 radical (unpaired) electrons. The Hall–Kier alpha value is -2.48. The van der Waals surface area contributed by atoms with Crippen molar-refractivity contribution in [1.29, 1.82) is 0 Å². The van der Waals surface area contributed by atoms with Crippen LogP contribution < -0.4 is 0 Å². The largest absolute Gasteiger partial charge is 0.234 e. The molecule has 0 spiro atoms. The lowest BCUT2D eigenvalue weighted by molar-refractivity contribution is 0.127. The zero-order chi connectivity index (χ0) is 22.9. The average molecular weight is 441 g/mol. The van der Waals surface area contributed by atoms with E-state index in [2.05, 4.69) is 20.0 Å². The quantitative estimate of drug-likeness (QED) is 0.292. The van der Waals surface area contributed by atoms with Crippen LogP contribution in [0.1, 0.15) is 64.2 Å². The Morgan fingerprint density at radius 2 is 1.47 bits per heavy atom. The highest BCUT2D eigenvalue weighted by atomic mass is 16.1. The van der Waals surface area contributed by atoms with Crippen molar-refractivity contribution in [3.8, 4) is 0 Å². The molecule has 4 aliphatic rings. The molecular weight excluding hydrogens is 408 g/mol. The second-order valence-corrected chi connectivity index (χ2v) is 10.2. The predicted molar refractivity (Wildman–Crippen MR) is 117 cm³/mol. The Balaban J connectivity index is 0.000000219. The summed E-state index contributed by atoms with van der Waals surface area (Å²) in [6, 6.07) is 0. The molecule has 8 nitrogen and oxygen atoms in total. The van der Waals surface area contributed by atoms with E-state index in [4.69, 9.17) is 0 Å². The summed E-state index contributed by atoms with van der Waals surface area (Å²) in [5.41, 5.74) is 0.462. The van der Waals surface area contributed by atoms with E-state index in [9.17, 15) is 19.2 Å². The van der Waals surface area contributed by atoms with E-state index in [-0.39, 0.29) is 5.41 Å². The second kappa shape index (κ2) is 11.4. The van der Waals surface area contributed by atoms with Gasteiger partial charge in [-0.25, -0.2) is 39.1 Å². The number of carbonyl (C=O) groups excluding carboxylic acids is 4. The number of aliphatic imine (C=N–C) groups is 4.